The summed E-state index contributed by atoms with van der Waals surface area (Å²) in [6.07, 6.45) is 27.6. The average Bonchev–Trinajstić information content (AvgIpc) is 2.73. The van der Waals surface area contributed by atoms with Crippen LogP contribution in [0.5, 0.6) is 0 Å². The summed E-state index contributed by atoms with van der Waals surface area (Å²) in [7, 11) is 1.48. The Morgan fingerprint density at radius 1 is 0.586 bits per heavy atom. The Hall–Kier alpha value is -0.530. The van der Waals surface area contributed by atoms with Gasteiger partial charge in [-0.05, 0) is 12.3 Å². The monoisotopic (exact) mass is 410 g/mol. The Morgan fingerprint density at radius 3 is 1.31 bits per heavy atom. The molecule has 0 radical (unpaired) electrons. The topological polar surface area (TPSA) is 26.3 Å². The van der Waals surface area contributed by atoms with Crippen molar-refractivity contribution in [2.24, 2.45) is 11.8 Å². The number of ether oxygens (including phenoxy) is 1. The van der Waals surface area contributed by atoms with Crippen LogP contribution in [0.4, 0.5) is 0 Å². The number of rotatable bonds is 22. The predicted octanol–water partition coefficient (Wildman–Crippen LogP) is 9.25. The molecule has 0 spiro atoms. The molecule has 2 nitrogen and oxygen atoms in total. The zero-order chi connectivity index (χ0) is 21.6. The molecular formula is C27H54O2. The van der Waals surface area contributed by atoms with Crippen molar-refractivity contribution >= 4 is 5.97 Å². The van der Waals surface area contributed by atoms with Gasteiger partial charge < -0.3 is 4.74 Å². The second kappa shape index (κ2) is 22.2. The van der Waals surface area contributed by atoms with E-state index in [1.165, 1.54) is 123 Å². The van der Waals surface area contributed by atoms with Crippen LogP contribution in [0.1, 0.15) is 149 Å². The first-order chi connectivity index (χ1) is 14.1. The number of methoxy groups -OCH3 is 1. The third-order valence-electron chi connectivity index (χ3n) is 6.49. The molecule has 0 aromatic carbocycles. The van der Waals surface area contributed by atoms with Gasteiger partial charge in [0.15, 0.2) is 0 Å². The maximum atomic E-state index is 11.4. The van der Waals surface area contributed by atoms with Crippen molar-refractivity contribution in [1.82, 2.24) is 0 Å². The van der Waals surface area contributed by atoms with Gasteiger partial charge >= 0.3 is 5.97 Å². The lowest BCUT2D eigenvalue weighted by Crippen LogP contribution is -2.12. The van der Waals surface area contributed by atoms with E-state index < -0.39 is 0 Å². The highest BCUT2D eigenvalue weighted by Gasteiger charge is 2.11. The molecule has 0 aliphatic rings. The molecule has 0 aliphatic carbocycles. The number of carbonyl (C=O) groups is 1. The zero-order valence-corrected chi connectivity index (χ0v) is 20.6. The maximum absolute atomic E-state index is 11.4. The first-order valence-electron chi connectivity index (χ1n) is 13.2. The Bertz CT molecular complexity index is 339. The molecule has 0 saturated carbocycles. The molecule has 0 unspecified atom stereocenters. The van der Waals surface area contributed by atoms with Crippen LogP contribution < -0.4 is 0 Å². The molecular weight excluding hydrogens is 356 g/mol. The standard InChI is InChI=1S/C27H54O2/c1-5-6-7-8-9-10-11-12-13-14-15-16-19-22-25(2)23-20-17-18-21-24-26(3)27(28)29-4/h25-26H,5-24H2,1-4H3/t25-,26+/m1/s1. The smallest absolute Gasteiger partial charge is 0.308 e. The van der Waals surface area contributed by atoms with Gasteiger partial charge in [-0.25, -0.2) is 0 Å². The van der Waals surface area contributed by atoms with Crippen LogP contribution in [0.25, 0.3) is 0 Å². The maximum Gasteiger partial charge on any atom is 0.308 e. The highest BCUT2D eigenvalue weighted by molar-refractivity contribution is 5.71. The lowest BCUT2D eigenvalue weighted by Gasteiger charge is -2.12. The quantitative estimate of drug-likeness (QED) is 0.131. The Labute approximate surface area is 184 Å². The second-order valence-electron chi connectivity index (χ2n) is 9.55. The summed E-state index contributed by atoms with van der Waals surface area (Å²) in [6.45, 7) is 6.70. The van der Waals surface area contributed by atoms with Gasteiger partial charge in [-0.15, -0.1) is 0 Å². The molecule has 0 aliphatic heterocycles. The molecule has 0 bridgehead atoms. The van der Waals surface area contributed by atoms with E-state index in [2.05, 4.69) is 13.8 Å². The van der Waals surface area contributed by atoms with Crippen LogP contribution in [0, 0.1) is 11.8 Å². The fraction of sp³-hybridized carbons (Fsp3) is 0.963. The van der Waals surface area contributed by atoms with E-state index in [0.717, 1.165) is 18.8 Å². The molecule has 0 rings (SSSR count). The van der Waals surface area contributed by atoms with Crippen LogP contribution in [0.3, 0.4) is 0 Å². The van der Waals surface area contributed by atoms with E-state index in [4.69, 9.17) is 4.74 Å². The Balaban J connectivity index is 3.24. The van der Waals surface area contributed by atoms with E-state index in [-0.39, 0.29) is 11.9 Å². The summed E-state index contributed by atoms with van der Waals surface area (Å²) in [6, 6.07) is 0. The second-order valence-corrected chi connectivity index (χ2v) is 9.55. The lowest BCUT2D eigenvalue weighted by molar-refractivity contribution is -0.145. The number of hydrogen-bond acceptors (Lipinski definition) is 2. The number of hydrogen-bond donors (Lipinski definition) is 0. The number of esters is 1. The minimum absolute atomic E-state index is 0.0589. The molecule has 0 aromatic heterocycles. The normalized spacial score (nSPS) is 13.4. The fourth-order valence-electron chi connectivity index (χ4n) is 4.27. The molecule has 174 valence electrons. The summed E-state index contributed by atoms with van der Waals surface area (Å²) >= 11 is 0. The van der Waals surface area contributed by atoms with E-state index in [9.17, 15) is 4.79 Å². The summed E-state index contributed by atoms with van der Waals surface area (Å²) in [5, 5.41) is 0. The lowest BCUT2D eigenvalue weighted by atomic mass is 9.95. The zero-order valence-electron chi connectivity index (χ0n) is 20.6. The molecule has 0 saturated heterocycles. The molecule has 0 heterocycles. The predicted molar refractivity (Wildman–Crippen MR) is 128 cm³/mol. The number of carbonyl (C=O) groups excluding carboxylic acids is 1. The van der Waals surface area contributed by atoms with E-state index in [1.54, 1.807) is 0 Å². The van der Waals surface area contributed by atoms with Crippen molar-refractivity contribution in [3.63, 3.8) is 0 Å². The van der Waals surface area contributed by atoms with Crippen LogP contribution in [-0.4, -0.2) is 13.1 Å². The fourth-order valence-corrected chi connectivity index (χ4v) is 4.27. The Morgan fingerprint density at radius 2 is 0.931 bits per heavy atom. The van der Waals surface area contributed by atoms with E-state index in [0.29, 0.717) is 0 Å². The van der Waals surface area contributed by atoms with Crippen LogP contribution in [0.15, 0.2) is 0 Å². The van der Waals surface area contributed by atoms with E-state index >= 15 is 0 Å². The first-order valence-corrected chi connectivity index (χ1v) is 13.2. The largest absolute Gasteiger partial charge is 0.469 e. The van der Waals surface area contributed by atoms with Crippen LogP contribution >= 0.6 is 0 Å². The summed E-state index contributed by atoms with van der Waals surface area (Å²) < 4.78 is 4.78. The van der Waals surface area contributed by atoms with Gasteiger partial charge in [0.2, 0.25) is 0 Å². The Kier molecular flexibility index (Phi) is 21.8. The van der Waals surface area contributed by atoms with E-state index in [1.807, 2.05) is 6.92 Å². The van der Waals surface area contributed by atoms with Crippen molar-refractivity contribution in [2.75, 3.05) is 7.11 Å². The van der Waals surface area contributed by atoms with Gasteiger partial charge in [0.25, 0.3) is 0 Å². The average molecular weight is 411 g/mol. The van der Waals surface area contributed by atoms with Crippen molar-refractivity contribution in [1.29, 1.82) is 0 Å². The first kappa shape index (κ1) is 28.5. The van der Waals surface area contributed by atoms with Crippen molar-refractivity contribution in [3.05, 3.63) is 0 Å². The highest BCUT2D eigenvalue weighted by atomic mass is 16.5. The van der Waals surface area contributed by atoms with Crippen molar-refractivity contribution < 1.29 is 9.53 Å². The molecule has 0 amide bonds. The third-order valence-corrected chi connectivity index (χ3v) is 6.49. The molecule has 0 fully saturated rings. The van der Waals surface area contributed by atoms with Crippen LogP contribution in [0.2, 0.25) is 0 Å². The van der Waals surface area contributed by atoms with Crippen LogP contribution in [-0.2, 0) is 9.53 Å². The van der Waals surface area contributed by atoms with Gasteiger partial charge in [-0.2, -0.15) is 0 Å². The highest BCUT2D eigenvalue weighted by Crippen LogP contribution is 2.19. The van der Waals surface area contributed by atoms with Gasteiger partial charge in [0.1, 0.15) is 0 Å². The summed E-state index contributed by atoms with van der Waals surface area (Å²) in [4.78, 5) is 11.4. The molecule has 0 N–H and O–H groups in total. The minimum Gasteiger partial charge on any atom is -0.469 e. The molecule has 2 heteroatoms. The van der Waals surface area contributed by atoms with Gasteiger partial charge in [0, 0.05) is 0 Å². The van der Waals surface area contributed by atoms with Gasteiger partial charge in [0.05, 0.1) is 13.0 Å². The summed E-state index contributed by atoms with van der Waals surface area (Å²) in [5.74, 6) is 0.891. The third kappa shape index (κ3) is 20.5. The SMILES string of the molecule is CCCCCCCCCCCCCCC[C@@H](C)CCCCCC[C@H](C)C(=O)OC. The van der Waals surface area contributed by atoms with Gasteiger partial charge in [-0.3, -0.25) is 4.79 Å². The summed E-state index contributed by atoms with van der Waals surface area (Å²) in [5.41, 5.74) is 0. The number of unbranched alkanes of at least 4 members (excludes halogenated alkanes) is 15. The molecule has 29 heavy (non-hydrogen) atoms. The minimum atomic E-state index is -0.0589. The molecule has 0 aromatic rings. The molecule has 2 atom stereocenters. The van der Waals surface area contributed by atoms with Crippen molar-refractivity contribution in [3.8, 4) is 0 Å². The van der Waals surface area contributed by atoms with Crippen molar-refractivity contribution in [2.45, 2.75) is 149 Å². The van der Waals surface area contributed by atoms with Gasteiger partial charge in [-0.1, -0.05) is 143 Å².